The number of hydrogen-bond acceptors (Lipinski definition) is 2. The van der Waals surface area contributed by atoms with Crippen molar-refractivity contribution in [1.82, 2.24) is 10.2 Å². The molecule has 1 heterocycles. The number of hydrogen-bond donors (Lipinski definition) is 1. The van der Waals surface area contributed by atoms with Gasteiger partial charge >= 0.3 is 0 Å². The minimum atomic E-state index is 0.271. The SMILES string of the molecule is CC1(CN2CNCC2=O)CCCC1. The Labute approximate surface area is 79.5 Å². The second-order valence-corrected chi connectivity index (χ2v) is 4.69. The van der Waals surface area contributed by atoms with E-state index in [1.807, 2.05) is 4.90 Å². The number of carbonyl (C=O) groups excluding carboxylic acids is 1. The van der Waals surface area contributed by atoms with E-state index in [2.05, 4.69) is 12.2 Å². The van der Waals surface area contributed by atoms with Crippen molar-refractivity contribution in [3.63, 3.8) is 0 Å². The molecule has 2 aliphatic rings. The zero-order chi connectivity index (χ0) is 9.31. The van der Waals surface area contributed by atoms with Crippen molar-refractivity contribution >= 4 is 5.91 Å². The third-order valence-electron chi connectivity index (χ3n) is 3.31. The van der Waals surface area contributed by atoms with Gasteiger partial charge in [-0.05, 0) is 18.3 Å². The zero-order valence-corrected chi connectivity index (χ0v) is 8.31. The molecule has 0 spiro atoms. The minimum absolute atomic E-state index is 0.271. The first kappa shape index (κ1) is 9.00. The number of rotatable bonds is 2. The van der Waals surface area contributed by atoms with E-state index < -0.39 is 0 Å². The Morgan fingerprint density at radius 2 is 2.15 bits per heavy atom. The summed E-state index contributed by atoms with van der Waals surface area (Å²) in [5.41, 5.74) is 0.404. The number of nitrogens with one attached hydrogen (secondary N) is 1. The van der Waals surface area contributed by atoms with Crippen LogP contribution < -0.4 is 5.32 Å². The average molecular weight is 182 g/mol. The second kappa shape index (κ2) is 3.29. The molecule has 1 saturated carbocycles. The van der Waals surface area contributed by atoms with Crippen LogP contribution in [0.1, 0.15) is 32.6 Å². The van der Waals surface area contributed by atoms with Gasteiger partial charge in [-0.3, -0.25) is 10.1 Å². The van der Waals surface area contributed by atoms with Gasteiger partial charge in [0, 0.05) is 6.54 Å². The van der Waals surface area contributed by atoms with E-state index in [0.717, 1.165) is 13.2 Å². The van der Waals surface area contributed by atoms with Crippen LogP contribution in [0, 0.1) is 5.41 Å². The van der Waals surface area contributed by atoms with Crippen LogP contribution in [0.2, 0.25) is 0 Å². The monoisotopic (exact) mass is 182 g/mol. The molecule has 1 aliphatic heterocycles. The molecule has 0 aromatic rings. The van der Waals surface area contributed by atoms with Gasteiger partial charge < -0.3 is 4.90 Å². The normalized spacial score (nSPS) is 27.2. The summed E-state index contributed by atoms with van der Waals surface area (Å²) < 4.78 is 0. The number of nitrogens with zero attached hydrogens (tertiary/aromatic N) is 1. The summed E-state index contributed by atoms with van der Waals surface area (Å²) >= 11 is 0. The van der Waals surface area contributed by atoms with E-state index in [4.69, 9.17) is 0 Å². The first-order chi connectivity index (χ1) is 6.20. The Morgan fingerprint density at radius 1 is 1.46 bits per heavy atom. The lowest BCUT2D eigenvalue weighted by Crippen LogP contribution is -2.36. The third-order valence-corrected chi connectivity index (χ3v) is 3.31. The highest BCUT2D eigenvalue weighted by Crippen LogP contribution is 2.38. The molecule has 1 aliphatic carbocycles. The van der Waals surface area contributed by atoms with Crippen molar-refractivity contribution in [2.75, 3.05) is 19.8 Å². The minimum Gasteiger partial charge on any atom is -0.328 e. The quantitative estimate of drug-likeness (QED) is 0.689. The highest BCUT2D eigenvalue weighted by Gasteiger charge is 2.33. The fourth-order valence-electron chi connectivity index (χ4n) is 2.49. The lowest BCUT2D eigenvalue weighted by atomic mass is 9.88. The van der Waals surface area contributed by atoms with Gasteiger partial charge in [-0.15, -0.1) is 0 Å². The summed E-state index contributed by atoms with van der Waals surface area (Å²) in [7, 11) is 0. The van der Waals surface area contributed by atoms with Gasteiger partial charge in [-0.25, -0.2) is 0 Å². The van der Waals surface area contributed by atoms with Crippen LogP contribution in [-0.4, -0.2) is 30.6 Å². The maximum absolute atomic E-state index is 11.4. The molecular weight excluding hydrogens is 164 g/mol. The standard InChI is InChI=1S/C10H18N2O/c1-10(4-2-3-5-10)7-12-8-11-6-9(12)13/h11H,2-8H2,1H3. The Hall–Kier alpha value is -0.570. The molecule has 2 fully saturated rings. The first-order valence-corrected chi connectivity index (χ1v) is 5.18. The van der Waals surface area contributed by atoms with Crippen molar-refractivity contribution in [3.05, 3.63) is 0 Å². The predicted molar refractivity (Wildman–Crippen MR) is 51.2 cm³/mol. The molecule has 0 bridgehead atoms. The Morgan fingerprint density at radius 3 is 2.69 bits per heavy atom. The van der Waals surface area contributed by atoms with Crippen LogP contribution in [0.15, 0.2) is 0 Å². The molecule has 1 saturated heterocycles. The van der Waals surface area contributed by atoms with Crippen molar-refractivity contribution < 1.29 is 4.79 Å². The highest BCUT2D eigenvalue weighted by atomic mass is 16.2. The summed E-state index contributed by atoms with van der Waals surface area (Å²) in [6.45, 7) is 4.56. The van der Waals surface area contributed by atoms with Gasteiger partial charge in [0.1, 0.15) is 0 Å². The zero-order valence-electron chi connectivity index (χ0n) is 8.31. The van der Waals surface area contributed by atoms with E-state index in [1.54, 1.807) is 0 Å². The van der Waals surface area contributed by atoms with Crippen LogP contribution >= 0.6 is 0 Å². The molecule has 74 valence electrons. The van der Waals surface area contributed by atoms with Crippen molar-refractivity contribution in [3.8, 4) is 0 Å². The fraction of sp³-hybridized carbons (Fsp3) is 0.900. The van der Waals surface area contributed by atoms with Crippen LogP contribution in [0.4, 0.5) is 0 Å². The molecule has 3 heteroatoms. The summed E-state index contributed by atoms with van der Waals surface area (Å²) in [4.78, 5) is 13.3. The topological polar surface area (TPSA) is 32.3 Å². The maximum atomic E-state index is 11.4. The summed E-state index contributed by atoms with van der Waals surface area (Å²) in [5, 5.41) is 3.09. The molecule has 1 amide bonds. The lowest BCUT2D eigenvalue weighted by Gasteiger charge is -2.29. The summed E-state index contributed by atoms with van der Waals surface area (Å²) in [6, 6.07) is 0. The maximum Gasteiger partial charge on any atom is 0.237 e. The van der Waals surface area contributed by atoms with Crippen LogP contribution in [-0.2, 0) is 4.79 Å². The van der Waals surface area contributed by atoms with E-state index in [1.165, 1.54) is 25.7 Å². The van der Waals surface area contributed by atoms with Gasteiger partial charge in [0.2, 0.25) is 5.91 Å². The molecule has 2 rings (SSSR count). The summed E-state index contributed by atoms with van der Waals surface area (Å²) in [6.07, 6.45) is 5.26. The third kappa shape index (κ3) is 1.85. The van der Waals surface area contributed by atoms with Crippen LogP contribution in [0.25, 0.3) is 0 Å². The van der Waals surface area contributed by atoms with Crippen molar-refractivity contribution in [2.45, 2.75) is 32.6 Å². The van der Waals surface area contributed by atoms with Gasteiger partial charge in [-0.2, -0.15) is 0 Å². The number of carbonyl (C=O) groups is 1. The smallest absolute Gasteiger partial charge is 0.237 e. The Bertz CT molecular complexity index is 209. The lowest BCUT2D eigenvalue weighted by molar-refractivity contribution is -0.127. The molecule has 0 aromatic heterocycles. The van der Waals surface area contributed by atoms with Gasteiger partial charge in [0.25, 0.3) is 0 Å². The van der Waals surface area contributed by atoms with Crippen molar-refractivity contribution in [1.29, 1.82) is 0 Å². The van der Waals surface area contributed by atoms with Gasteiger partial charge in [0.05, 0.1) is 13.2 Å². The summed E-state index contributed by atoms with van der Waals surface area (Å²) in [5.74, 6) is 0.271. The average Bonchev–Trinajstić information content (AvgIpc) is 2.64. The molecule has 0 atom stereocenters. The van der Waals surface area contributed by atoms with Crippen LogP contribution in [0.5, 0.6) is 0 Å². The first-order valence-electron chi connectivity index (χ1n) is 5.18. The molecule has 1 N–H and O–H groups in total. The van der Waals surface area contributed by atoms with Gasteiger partial charge in [-0.1, -0.05) is 19.8 Å². The molecule has 3 nitrogen and oxygen atoms in total. The molecule has 0 radical (unpaired) electrons. The van der Waals surface area contributed by atoms with E-state index in [0.29, 0.717) is 12.0 Å². The molecular formula is C10H18N2O. The molecule has 0 aromatic carbocycles. The molecule has 13 heavy (non-hydrogen) atoms. The predicted octanol–water partition coefficient (Wildman–Crippen LogP) is 0.956. The Balaban J connectivity index is 1.92. The fourth-order valence-corrected chi connectivity index (χ4v) is 2.49. The highest BCUT2D eigenvalue weighted by molar-refractivity contribution is 5.80. The second-order valence-electron chi connectivity index (χ2n) is 4.69. The largest absolute Gasteiger partial charge is 0.328 e. The van der Waals surface area contributed by atoms with E-state index in [9.17, 15) is 4.79 Å². The Kier molecular flexibility index (Phi) is 2.28. The van der Waals surface area contributed by atoms with Crippen LogP contribution in [0.3, 0.4) is 0 Å². The van der Waals surface area contributed by atoms with Gasteiger partial charge in [0.15, 0.2) is 0 Å². The number of amides is 1. The van der Waals surface area contributed by atoms with Crippen molar-refractivity contribution in [2.24, 2.45) is 5.41 Å². The molecule has 0 unspecified atom stereocenters. The van der Waals surface area contributed by atoms with E-state index >= 15 is 0 Å². The van der Waals surface area contributed by atoms with E-state index in [-0.39, 0.29) is 5.91 Å².